The number of amides is 1. The zero-order chi connectivity index (χ0) is 21.7. The van der Waals surface area contributed by atoms with Gasteiger partial charge >= 0.3 is 5.97 Å². The zero-order valence-corrected chi connectivity index (χ0v) is 17.9. The molecule has 0 saturated carbocycles. The van der Waals surface area contributed by atoms with Crippen molar-refractivity contribution in [2.24, 2.45) is 5.92 Å². The third-order valence-corrected chi connectivity index (χ3v) is 5.36. The maximum absolute atomic E-state index is 13.3. The molecule has 1 aromatic carbocycles. The molecule has 162 valence electrons. The largest absolute Gasteiger partial charge is 0.451 e. The number of carbonyl (C=O) groups is 2. The predicted octanol–water partition coefficient (Wildman–Crippen LogP) is 3.99. The van der Waals surface area contributed by atoms with Crippen LogP contribution in [0.15, 0.2) is 24.3 Å². The van der Waals surface area contributed by atoms with Crippen molar-refractivity contribution in [3.63, 3.8) is 0 Å². The first kappa shape index (κ1) is 22.0. The van der Waals surface area contributed by atoms with Gasteiger partial charge < -0.3 is 10.1 Å². The molecule has 7 heteroatoms. The number of esters is 1. The Morgan fingerprint density at radius 3 is 2.53 bits per heavy atom. The van der Waals surface area contributed by atoms with Crippen molar-refractivity contribution < 1.29 is 18.7 Å². The SMILES string of the molecule is CC(C)CCC(C)NC(=O)COC(=O)c1nn(-c2ccc(F)cc2)c2c1CCCC2. The van der Waals surface area contributed by atoms with Gasteiger partial charge in [-0.1, -0.05) is 13.8 Å². The Hall–Kier alpha value is -2.70. The molecule has 0 radical (unpaired) electrons. The normalized spacial score (nSPS) is 14.3. The molecule has 30 heavy (non-hydrogen) atoms. The average Bonchev–Trinajstić information content (AvgIpc) is 3.11. The number of hydrogen-bond donors (Lipinski definition) is 1. The summed E-state index contributed by atoms with van der Waals surface area (Å²) in [6.45, 7) is 5.90. The second-order valence-corrected chi connectivity index (χ2v) is 8.39. The summed E-state index contributed by atoms with van der Waals surface area (Å²) >= 11 is 0. The Balaban J connectivity index is 1.67. The minimum Gasteiger partial charge on any atom is -0.451 e. The van der Waals surface area contributed by atoms with Crippen molar-refractivity contribution in [1.82, 2.24) is 15.1 Å². The lowest BCUT2D eigenvalue weighted by molar-refractivity contribution is -0.124. The number of benzene rings is 1. The van der Waals surface area contributed by atoms with Crippen LogP contribution < -0.4 is 5.32 Å². The second kappa shape index (κ2) is 9.87. The van der Waals surface area contributed by atoms with Crippen LogP contribution in [0.4, 0.5) is 4.39 Å². The first-order chi connectivity index (χ1) is 14.3. The summed E-state index contributed by atoms with van der Waals surface area (Å²) in [6.07, 6.45) is 5.41. The van der Waals surface area contributed by atoms with E-state index in [9.17, 15) is 14.0 Å². The molecule has 1 aliphatic carbocycles. The van der Waals surface area contributed by atoms with E-state index in [-0.39, 0.29) is 30.1 Å². The molecule has 1 amide bonds. The van der Waals surface area contributed by atoms with Crippen molar-refractivity contribution >= 4 is 11.9 Å². The van der Waals surface area contributed by atoms with Crippen LogP contribution in [0.3, 0.4) is 0 Å². The topological polar surface area (TPSA) is 73.2 Å². The fourth-order valence-electron chi connectivity index (χ4n) is 3.73. The Morgan fingerprint density at radius 1 is 1.13 bits per heavy atom. The van der Waals surface area contributed by atoms with Crippen molar-refractivity contribution in [1.29, 1.82) is 0 Å². The van der Waals surface area contributed by atoms with Crippen molar-refractivity contribution in [2.75, 3.05) is 6.61 Å². The maximum atomic E-state index is 13.3. The monoisotopic (exact) mass is 415 g/mol. The van der Waals surface area contributed by atoms with Crippen molar-refractivity contribution in [3.05, 3.63) is 47.0 Å². The van der Waals surface area contributed by atoms with E-state index >= 15 is 0 Å². The quantitative estimate of drug-likeness (QED) is 0.662. The number of rotatable bonds is 8. The second-order valence-electron chi connectivity index (χ2n) is 8.39. The van der Waals surface area contributed by atoms with E-state index in [4.69, 9.17) is 4.74 Å². The average molecular weight is 416 g/mol. The summed E-state index contributed by atoms with van der Waals surface area (Å²) in [5.41, 5.74) is 2.76. The molecule has 0 spiro atoms. The lowest BCUT2D eigenvalue weighted by Crippen LogP contribution is -2.36. The summed E-state index contributed by atoms with van der Waals surface area (Å²) in [5.74, 6) is -0.664. The van der Waals surface area contributed by atoms with Gasteiger partial charge in [0.25, 0.3) is 5.91 Å². The molecule has 2 aromatic rings. The van der Waals surface area contributed by atoms with E-state index in [1.807, 2.05) is 6.92 Å². The van der Waals surface area contributed by atoms with Crippen LogP contribution in [-0.2, 0) is 22.4 Å². The number of nitrogens with zero attached hydrogens (tertiary/aromatic N) is 2. The minimum absolute atomic E-state index is 0.0315. The third-order valence-electron chi connectivity index (χ3n) is 5.36. The molecular weight excluding hydrogens is 385 g/mol. The zero-order valence-electron chi connectivity index (χ0n) is 17.9. The molecule has 0 aliphatic heterocycles. The fraction of sp³-hybridized carbons (Fsp3) is 0.522. The summed E-state index contributed by atoms with van der Waals surface area (Å²) in [5, 5.41) is 7.33. The van der Waals surface area contributed by atoms with Crippen LogP contribution in [-0.4, -0.2) is 34.3 Å². The van der Waals surface area contributed by atoms with E-state index < -0.39 is 5.97 Å². The standard InChI is InChI=1S/C23H30FN3O3/c1-15(2)8-9-16(3)25-21(28)14-30-23(29)22-19-6-4-5-7-20(19)27(26-22)18-12-10-17(24)11-13-18/h10-13,15-16H,4-9,14H2,1-3H3,(H,25,28). The molecule has 3 rings (SSSR count). The molecule has 1 aromatic heterocycles. The number of aromatic nitrogens is 2. The Bertz CT molecular complexity index is 890. The molecule has 0 fully saturated rings. The van der Waals surface area contributed by atoms with Crippen LogP contribution in [0.1, 0.15) is 68.2 Å². The number of ether oxygens (including phenoxy) is 1. The van der Waals surface area contributed by atoms with E-state index in [0.717, 1.165) is 49.8 Å². The Morgan fingerprint density at radius 2 is 1.83 bits per heavy atom. The van der Waals surface area contributed by atoms with Gasteiger partial charge in [-0.05, 0) is 75.6 Å². The molecular formula is C23H30FN3O3. The van der Waals surface area contributed by atoms with E-state index in [1.165, 1.54) is 12.1 Å². The molecule has 6 nitrogen and oxygen atoms in total. The Labute approximate surface area is 176 Å². The maximum Gasteiger partial charge on any atom is 0.359 e. The van der Waals surface area contributed by atoms with Crippen LogP contribution in [0.2, 0.25) is 0 Å². The van der Waals surface area contributed by atoms with Gasteiger partial charge in [0.15, 0.2) is 12.3 Å². The number of hydrogen-bond acceptors (Lipinski definition) is 4. The highest BCUT2D eigenvalue weighted by atomic mass is 19.1. The summed E-state index contributed by atoms with van der Waals surface area (Å²) in [6, 6.07) is 6.05. The third kappa shape index (κ3) is 5.46. The minimum atomic E-state index is -0.598. The van der Waals surface area contributed by atoms with Gasteiger partial charge in [-0.2, -0.15) is 5.10 Å². The van der Waals surface area contributed by atoms with Crippen LogP contribution in [0.5, 0.6) is 0 Å². The van der Waals surface area contributed by atoms with Crippen molar-refractivity contribution in [3.8, 4) is 5.69 Å². The summed E-state index contributed by atoms with van der Waals surface area (Å²) in [7, 11) is 0. The van der Waals surface area contributed by atoms with Gasteiger partial charge in [-0.3, -0.25) is 4.79 Å². The number of halogens is 1. The first-order valence-corrected chi connectivity index (χ1v) is 10.7. The highest BCUT2D eigenvalue weighted by molar-refractivity contribution is 5.91. The molecule has 1 heterocycles. The summed E-state index contributed by atoms with van der Waals surface area (Å²) < 4.78 is 20.2. The highest BCUT2D eigenvalue weighted by Gasteiger charge is 2.27. The van der Waals surface area contributed by atoms with Crippen molar-refractivity contribution in [2.45, 2.75) is 65.3 Å². The van der Waals surface area contributed by atoms with Gasteiger partial charge in [0.05, 0.1) is 5.69 Å². The van der Waals surface area contributed by atoms with Gasteiger partial charge in [0, 0.05) is 17.3 Å². The number of nitrogens with one attached hydrogen (secondary N) is 1. The molecule has 1 atom stereocenters. The van der Waals surface area contributed by atoms with E-state index in [2.05, 4.69) is 24.3 Å². The molecule has 1 N–H and O–H groups in total. The van der Waals surface area contributed by atoms with Gasteiger partial charge in [0.2, 0.25) is 0 Å². The summed E-state index contributed by atoms with van der Waals surface area (Å²) in [4.78, 5) is 24.8. The fourth-order valence-corrected chi connectivity index (χ4v) is 3.73. The molecule has 1 aliphatic rings. The van der Waals surface area contributed by atoms with Crippen LogP contribution in [0.25, 0.3) is 5.69 Å². The number of carbonyl (C=O) groups excluding carboxylic acids is 2. The number of fused-ring (bicyclic) bond motifs is 1. The first-order valence-electron chi connectivity index (χ1n) is 10.7. The van der Waals surface area contributed by atoms with Crippen LogP contribution >= 0.6 is 0 Å². The highest BCUT2D eigenvalue weighted by Crippen LogP contribution is 2.27. The lowest BCUT2D eigenvalue weighted by Gasteiger charge is -2.15. The Kier molecular flexibility index (Phi) is 7.24. The predicted molar refractivity (Wildman–Crippen MR) is 112 cm³/mol. The smallest absolute Gasteiger partial charge is 0.359 e. The molecule has 0 bridgehead atoms. The molecule has 1 unspecified atom stereocenters. The molecule has 0 saturated heterocycles. The van der Waals surface area contributed by atoms with E-state index in [0.29, 0.717) is 11.6 Å². The van der Waals surface area contributed by atoms with Gasteiger partial charge in [0.1, 0.15) is 5.82 Å². The van der Waals surface area contributed by atoms with Gasteiger partial charge in [-0.25, -0.2) is 13.9 Å². The van der Waals surface area contributed by atoms with Crippen LogP contribution in [0, 0.1) is 11.7 Å². The van der Waals surface area contributed by atoms with Gasteiger partial charge in [-0.15, -0.1) is 0 Å². The lowest BCUT2D eigenvalue weighted by atomic mass is 9.95. The van der Waals surface area contributed by atoms with E-state index in [1.54, 1.807) is 16.8 Å².